The molecule has 1 aromatic carbocycles. The Balaban J connectivity index is 1.32. The van der Waals surface area contributed by atoms with Crippen LogP contribution in [0.1, 0.15) is 28.5 Å². The molecule has 3 aromatic rings. The number of fused-ring (bicyclic) bond motifs is 3. The zero-order valence-electron chi connectivity index (χ0n) is 16.7. The summed E-state index contributed by atoms with van der Waals surface area (Å²) in [5.74, 6) is -3.19. The van der Waals surface area contributed by atoms with Gasteiger partial charge in [-0.2, -0.15) is 5.10 Å². The fourth-order valence-corrected chi connectivity index (χ4v) is 5.27. The number of H-pyrrole nitrogens is 2. The van der Waals surface area contributed by atoms with Crippen LogP contribution in [0.3, 0.4) is 0 Å². The maximum absolute atomic E-state index is 14.2. The van der Waals surface area contributed by atoms with E-state index in [9.17, 15) is 13.6 Å². The first-order valence-electron chi connectivity index (χ1n) is 10.5. The average Bonchev–Trinajstić information content (AvgIpc) is 3.15. The molecule has 3 N–H and O–H groups in total. The van der Waals surface area contributed by atoms with E-state index in [1.54, 1.807) is 6.92 Å². The van der Waals surface area contributed by atoms with Crippen LogP contribution in [0.25, 0.3) is 22.3 Å². The summed E-state index contributed by atoms with van der Waals surface area (Å²) in [6.07, 6.45) is 0.670. The van der Waals surface area contributed by atoms with Crippen molar-refractivity contribution in [2.24, 2.45) is 11.3 Å². The second-order valence-corrected chi connectivity index (χ2v) is 9.03. The number of benzene rings is 1. The van der Waals surface area contributed by atoms with Crippen LogP contribution in [0.4, 0.5) is 8.78 Å². The van der Waals surface area contributed by atoms with Crippen molar-refractivity contribution in [2.45, 2.75) is 25.7 Å². The van der Waals surface area contributed by atoms with Gasteiger partial charge < -0.3 is 15.2 Å². The number of carbonyl (C=O) groups is 1. The average molecular weight is 411 g/mol. The number of alkyl halides is 2. The topological polar surface area (TPSA) is 76.8 Å². The second kappa shape index (κ2) is 5.91. The third-order valence-electron chi connectivity index (χ3n) is 7.32. The Hall–Kier alpha value is -2.74. The van der Waals surface area contributed by atoms with Crippen LogP contribution in [0, 0.1) is 11.3 Å². The molecule has 30 heavy (non-hydrogen) atoms. The number of hydrogen-bond acceptors (Lipinski definition) is 3. The molecule has 8 heteroatoms. The van der Waals surface area contributed by atoms with Crippen molar-refractivity contribution in [1.29, 1.82) is 0 Å². The lowest BCUT2D eigenvalue weighted by molar-refractivity contribution is 0.0631. The van der Waals surface area contributed by atoms with Gasteiger partial charge in [0, 0.05) is 71.7 Å². The van der Waals surface area contributed by atoms with E-state index in [1.807, 2.05) is 29.2 Å². The molecule has 1 amide bonds. The first-order valence-corrected chi connectivity index (χ1v) is 10.5. The van der Waals surface area contributed by atoms with Crippen molar-refractivity contribution in [2.75, 3.05) is 26.2 Å². The van der Waals surface area contributed by atoms with Gasteiger partial charge >= 0.3 is 0 Å². The number of carbonyl (C=O) groups excluding carboxylic acids is 1. The summed E-state index contributed by atoms with van der Waals surface area (Å²) >= 11 is 0. The molecule has 156 valence electrons. The Morgan fingerprint density at radius 1 is 1.23 bits per heavy atom. The van der Waals surface area contributed by atoms with Crippen molar-refractivity contribution in [3.05, 3.63) is 41.1 Å². The zero-order chi connectivity index (χ0) is 20.7. The fraction of sp³-hybridized carbons (Fsp3) is 0.455. The van der Waals surface area contributed by atoms with Crippen LogP contribution in [-0.4, -0.2) is 58.1 Å². The molecule has 0 radical (unpaired) electrons. The second-order valence-electron chi connectivity index (χ2n) is 9.03. The van der Waals surface area contributed by atoms with Gasteiger partial charge in [-0.1, -0.05) is 13.0 Å². The molecule has 1 saturated heterocycles. The summed E-state index contributed by atoms with van der Waals surface area (Å²) in [6, 6.07) is 7.62. The van der Waals surface area contributed by atoms with E-state index in [0.717, 1.165) is 40.9 Å². The minimum atomic E-state index is -2.61. The van der Waals surface area contributed by atoms with E-state index in [4.69, 9.17) is 0 Å². The van der Waals surface area contributed by atoms with Crippen molar-refractivity contribution >= 4 is 16.8 Å². The molecule has 2 aliphatic carbocycles. The Kier molecular flexibility index (Phi) is 3.56. The van der Waals surface area contributed by atoms with E-state index in [0.29, 0.717) is 37.2 Å². The maximum Gasteiger partial charge on any atom is 0.258 e. The van der Waals surface area contributed by atoms with Crippen LogP contribution < -0.4 is 5.32 Å². The maximum atomic E-state index is 14.2. The molecule has 2 fully saturated rings. The number of hydrogen-bond donors (Lipinski definition) is 3. The number of aromatic nitrogens is 3. The summed E-state index contributed by atoms with van der Waals surface area (Å²) in [5.41, 5.74) is 3.76. The van der Waals surface area contributed by atoms with Gasteiger partial charge in [0.2, 0.25) is 0 Å². The molecule has 1 saturated carbocycles. The Morgan fingerprint density at radius 2 is 2.03 bits per heavy atom. The summed E-state index contributed by atoms with van der Waals surface area (Å²) in [4.78, 5) is 18.0. The Bertz CT molecular complexity index is 1180. The van der Waals surface area contributed by atoms with Crippen molar-refractivity contribution in [3.8, 4) is 11.4 Å². The lowest BCUT2D eigenvalue weighted by Gasteiger charge is -2.27. The van der Waals surface area contributed by atoms with E-state index >= 15 is 0 Å². The van der Waals surface area contributed by atoms with Crippen LogP contribution in [0.5, 0.6) is 0 Å². The molecule has 0 unspecified atom stereocenters. The Labute approximate surface area is 172 Å². The third kappa shape index (κ3) is 2.37. The van der Waals surface area contributed by atoms with Gasteiger partial charge in [0.15, 0.2) is 0 Å². The van der Waals surface area contributed by atoms with Crippen LogP contribution >= 0.6 is 0 Å². The first kappa shape index (κ1) is 18.1. The van der Waals surface area contributed by atoms with Crippen molar-refractivity contribution in [3.63, 3.8) is 0 Å². The molecule has 2 atom stereocenters. The fourth-order valence-electron chi connectivity index (χ4n) is 5.27. The van der Waals surface area contributed by atoms with Gasteiger partial charge in [-0.3, -0.25) is 9.89 Å². The highest BCUT2D eigenvalue weighted by atomic mass is 19.3. The van der Waals surface area contributed by atoms with Gasteiger partial charge in [-0.25, -0.2) is 8.78 Å². The van der Waals surface area contributed by atoms with Gasteiger partial charge in [0.1, 0.15) is 5.69 Å². The summed E-state index contributed by atoms with van der Waals surface area (Å²) in [6.45, 7) is 4.70. The number of amides is 1. The summed E-state index contributed by atoms with van der Waals surface area (Å²) in [5, 5.41) is 11.7. The molecule has 2 aromatic heterocycles. The number of halogens is 2. The molecule has 0 spiro atoms. The SMILES string of the molecule is C[C@@]12Cc3[nH]nc(-c4cc5ccc(C(=O)N6CCNCC6)cc5[nH]4)c3C[C@@H]1C2(F)F. The van der Waals surface area contributed by atoms with Crippen LogP contribution in [0.15, 0.2) is 24.3 Å². The molecule has 6 rings (SSSR count). The zero-order valence-corrected chi connectivity index (χ0v) is 16.7. The molecule has 3 heterocycles. The number of piperazine rings is 1. The summed E-state index contributed by atoms with van der Waals surface area (Å²) in [7, 11) is 0. The number of rotatable bonds is 2. The molecular formula is C22H23F2N5O. The van der Waals surface area contributed by atoms with Gasteiger partial charge in [-0.15, -0.1) is 0 Å². The smallest absolute Gasteiger partial charge is 0.258 e. The highest BCUT2D eigenvalue weighted by molar-refractivity contribution is 5.99. The minimum Gasteiger partial charge on any atom is -0.353 e. The third-order valence-corrected chi connectivity index (χ3v) is 7.32. The summed E-state index contributed by atoms with van der Waals surface area (Å²) < 4.78 is 28.4. The van der Waals surface area contributed by atoms with E-state index in [2.05, 4.69) is 20.5 Å². The van der Waals surface area contributed by atoms with E-state index in [1.165, 1.54) is 0 Å². The lowest BCUT2D eigenvalue weighted by Crippen LogP contribution is -2.46. The largest absolute Gasteiger partial charge is 0.353 e. The van der Waals surface area contributed by atoms with Gasteiger partial charge in [-0.05, 0) is 24.6 Å². The van der Waals surface area contributed by atoms with Gasteiger partial charge in [0.05, 0.1) is 5.69 Å². The van der Waals surface area contributed by atoms with Crippen LogP contribution in [-0.2, 0) is 12.8 Å². The van der Waals surface area contributed by atoms with Gasteiger partial charge in [0.25, 0.3) is 11.8 Å². The number of aromatic amines is 2. The van der Waals surface area contributed by atoms with Crippen LogP contribution in [0.2, 0.25) is 0 Å². The minimum absolute atomic E-state index is 0.0296. The molecule has 0 bridgehead atoms. The van der Waals surface area contributed by atoms with Crippen molar-refractivity contribution in [1.82, 2.24) is 25.4 Å². The molecule has 1 aliphatic heterocycles. The predicted octanol–water partition coefficient (Wildman–Crippen LogP) is 2.97. The normalized spacial score (nSPS) is 27.0. The molecule has 3 aliphatic rings. The molecular weight excluding hydrogens is 388 g/mol. The van der Waals surface area contributed by atoms with Crippen molar-refractivity contribution < 1.29 is 13.6 Å². The number of nitrogens with zero attached hydrogens (tertiary/aromatic N) is 2. The monoisotopic (exact) mass is 411 g/mol. The van der Waals surface area contributed by atoms with E-state index < -0.39 is 17.3 Å². The highest BCUT2D eigenvalue weighted by Gasteiger charge is 2.78. The standard InChI is InChI=1S/C22H23F2N5O/c1-21-11-17-14(10-18(21)22(21,23)24)19(28-27-17)16-8-12-2-3-13(9-15(12)26-16)20(30)29-6-4-25-5-7-29/h2-3,8-9,18,25-26H,4-7,10-11H2,1H3,(H,27,28)/t18-,21+/m0/s1. The van der Waals surface area contributed by atoms with E-state index in [-0.39, 0.29) is 5.91 Å². The quantitative estimate of drug-likeness (QED) is 0.607. The first-order chi connectivity index (χ1) is 14.4. The molecule has 6 nitrogen and oxygen atoms in total. The Morgan fingerprint density at radius 3 is 2.83 bits per heavy atom. The lowest BCUT2D eigenvalue weighted by atomic mass is 9.87. The number of nitrogens with one attached hydrogen (secondary N) is 3. The predicted molar refractivity (Wildman–Crippen MR) is 109 cm³/mol. The highest BCUT2D eigenvalue weighted by Crippen LogP contribution is 2.70.